The average molecular weight is 687 g/mol. The summed E-state index contributed by atoms with van der Waals surface area (Å²) in [7, 11) is 0. The minimum Gasteiger partial charge on any atom is -0.493 e. The van der Waals surface area contributed by atoms with Gasteiger partial charge < -0.3 is 19.5 Å². The lowest BCUT2D eigenvalue weighted by atomic mass is 9.50. The van der Waals surface area contributed by atoms with E-state index in [4.69, 9.17) is 14.5 Å². The number of benzene rings is 3. The summed E-state index contributed by atoms with van der Waals surface area (Å²) in [6, 6.07) is 25.1. The SMILES string of the molecule is O=C(O)Oc1nc(N2CCc3cccc(C(=O)Nc4nc5ccccc5s4)c3C2)ccc1-c1cccc(OCC23CC4CC(CC(C4)C2)C3)c1. The highest BCUT2D eigenvalue weighted by atomic mass is 32.1. The third-order valence-electron chi connectivity index (χ3n) is 11.2. The first-order valence-corrected chi connectivity index (χ1v) is 18.4. The number of carboxylic acid groups (broad SMARTS) is 1. The summed E-state index contributed by atoms with van der Waals surface area (Å²) in [6.07, 6.45) is 7.30. The zero-order chi connectivity index (χ0) is 33.8. The highest BCUT2D eigenvalue weighted by molar-refractivity contribution is 7.22. The van der Waals surface area contributed by atoms with Gasteiger partial charge >= 0.3 is 6.16 Å². The number of hydrogen-bond acceptors (Lipinski definition) is 8. The summed E-state index contributed by atoms with van der Waals surface area (Å²) in [4.78, 5) is 36.7. The lowest BCUT2D eigenvalue weighted by Crippen LogP contribution is -2.48. The number of fused-ring (bicyclic) bond motifs is 2. The maximum absolute atomic E-state index is 13.5. The van der Waals surface area contributed by atoms with Crippen molar-refractivity contribution in [3.05, 3.63) is 95.6 Å². The van der Waals surface area contributed by atoms with Crippen molar-refractivity contribution in [3.63, 3.8) is 0 Å². The highest BCUT2D eigenvalue weighted by Crippen LogP contribution is 2.60. The number of ether oxygens (including phenoxy) is 2. The van der Waals surface area contributed by atoms with Gasteiger partial charge in [0.05, 0.1) is 16.8 Å². The number of rotatable bonds is 8. The number of carbonyl (C=O) groups excluding carboxylic acids is 1. The van der Waals surface area contributed by atoms with E-state index in [2.05, 4.69) is 21.3 Å². The first-order valence-electron chi connectivity index (χ1n) is 17.5. The van der Waals surface area contributed by atoms with Crippen LogP contribution in [0.5, 0.6) is 11.6 Å². The average Bonchev–Trinajstić information content (AvgIpc) is 3.52. The van der Waals surface area contributed by atoms with Crippen LogP contribution in [-0.2, 0) is 13.0 Å². The van der Waals surface area contributed by atoms with Crippen molar-refractivity contribution in [1.82, 2.24) is 9.97 Å². The largest absolute Gasteiger partial charge is 0.512 e. The van der Waals surface area contributed by atoms with Crippen molar-refractivity contribution in [3.8, 4) is 22.8 Å². The highest BCUT2D eigenvalue weighted by Gasteiger charge is 2.51. The minimum atomic E-state index is -1.43. The second-order valence-corrected chi connectivity index (χ2v) is 15.7. The van der Waals surface area contributed by atoms with E-state index < -0.39 is 6.16 Å². The molecule has 9 nitrogen and oxygen atoms in total. The van der Waals surface area contributed by atoms with Crippen LogP contribution in [0.4, 0.5) is 15.7 Å². The Morgan fingerprint density at radius 3 is 2.48 bits per heavy atom. The Morgan fingerprint density at radius 1 is 0.920 bits per heavy atom. The lowest BCUT2D eigenvalue weighted by molar-refractivity contribution is -0.0745. The molecule has 0 unspecified atom stereocenters. The van der Waals surface area contributed by atoms with Crippen molar-refractivity contribution in [2.24, 2.45) is 23.2 Å². The molecule has 4 fully saturated rings. The summed E-state index contributed by atoms with van der Waals surface area (Å²) < 4.78 is 12.8. The zero-order valence-electron chi connectivity index (χ0n) is 27.6. The monoisotopic (exact) mass is 686 g/mol. The standard InChI is InChI=1S/C40H38N4O5S/c45-36(43-38-41-33-9-1-2-10-34(33)50-38)31-8-4-5-27-13-14-44(22-32(27)31)35-12-11-30(37(42-35)49-39(46)47)28-6-3-7-29(18-28)48-23-40-19-24-15-25(20-40)17-26(16-24)21-40/h1-12,18,24-26H,13-17,19-23H2,(H,46,47)(H,41,43,45). The fourth-order valence-electron chi connectivity index (χ4n) is 9.52. The quantitative estimate of drug-likeness (QED) is 0.156. The number of pyridine rings is 1. The molecule has 10 rings (SSSR count). The molecule has 0 radical (unpaired) electrons. The molecule has 4 bridgehead atoms. The first kappa shape index (κ1) is 31.1. The van der Waals surface area contributed by atoms with Gasteiger partial charge in [-0.2, -0.15) is 4.98 Å². The third-order valence-corrected chi connectivity index (χ3v) is 12.2. The van der Waals surface area contributed by atoms with Crippen LogP contribution in [-0.4, -0.2) is 40.3 Å². The summed E-state index contributed by atoms with van der Waals surface area (Å²) >= 11 is 1.44. The van der Waals surface area contributed by atoms with Crippen molar-refractivity contribution >= 4 is 44.6 Å². The van der Waals surface area contributed by atoms with Gasteiger partial charge in [-0.05, 0) is 122 Å². The molecule has 4 saturated carbocycles. The number of anilines is 2. The van der Waals surface area contributed by atoms with Crippen LogP contribution >= 0.6 is 11.3 Å². The van der Waals surface area contributed by atoms with E-state index in [0.29, 0.717) is 41.6 Å². The molecule has 3 heterocycles. The minimum absolute atomic E-state index is 0.0147. The fourth-order valence-corrected chi connectivity index (χ4v) is 10.4. The third kappa shape index (κ3) is 5.95. The van der Waals surface area contributed by atoms with Crippen LogP contribution in [0.2, 0.25) is 0 Å². The molecule has 5 aromatic rings. The molecule has 0 spiro atoms. The Balaban J connectivity index is 0.946. The van der Waals surface area contributed by atoms with E-state index in [1.165, 1.54) is 49.9 Å². The number of nitrogens with one attached hydrogen (secondary N) is 1. The Hall–Kier alpha value is -4.96. The number of hydrogen-bond donors (Lipinski definition) is 2. The van der Waals surface area contributed by atoms with E-state index in [9.17, 15) is 14.7 Å². The van der Waals surface area contributed by atoms with Crippen LogP contribution in [0.25, 0.3) is 21.3 Å². The summed E-state index contributed by atoms with van der Waals surface area (Å²) in [5.41, 5.74) is 5.07. The van der Waals surface area contributed by atoms with Crippen LogP contribution < -0.4 is 19.7 Å². The predicted octanol–water partition coefficient (Wildman–Crippen LogP) is 8.83. The molecule has 0 saturated heterocycles. The number of nitrogens with zero attached hydrogens (tertiary/aromatic N) is 3. The molecule has 0 atom stereocenters. The normalized spacial score (nSPS) is 23.4. The number of thiazole rings is 1. The zero-order valence-corrected chi connectivity index (χ0v) is 28.5. The molecule has 2 aromatic heterocycles. The van der Waals surface area contributed by atoms with Crippen LogP contribution in [0, 0.1) is 23.2 Å². The number of amides is 1. The van der Waals surface area contributed by atoms with Crippen LogP contribution in [0.1, 0.15) is 60.0 Å². The topological polar surface area (TPSA) is 114 Å². The molecular formula is C40H38N4O5S. The van der Waals surface area contributed by atoms with E-state index >= 15 is 0 Å². The van der Waals surface area contributed by atoms with Gasteiger partial charge in [0.2, 0.25) is 5.88 Å². The summed E-state index contributed by atoms with van der Waals surface area (Å²) in [5, 5.41) is 13.2. The molecule has 1 amide bonds. The van der Waals surface area contributed by atoms with E-state index in [1.54, 1.807) is 0 Å². The predicted molar refractivity (Wildman–Crippen MR) is 193 cm³/mol. The first-order chi connectivity index (χ1) is 24.4. The van der Waals surface area contributed by atoms with Gasteiger partial charge in [0.1, 0.15) is 11.6 Å². The Morgan fingerprint density at radius 2 is 1.70 bits per heavy atom. The van der Waals surface area contributed by atoms with Crippen LogP contribution in [0.3, 0.4) is 0 Å². The van der Waals surface area contributed by atoms with E-state index in [1.807, 2.05) is 72.8 Å². The maximum atomic E-state index is 13.5. The van der Waals surface area contributed by atoms with Gasteiger partial charge in [-0.15, -0.1) is 0 Å². The summed E-state index contributed by atoms with van der Waals surface area (Å²) in [6.45, 7) is 1.82. The van der Waals surface area contributed by atoms with Gasteiger partial charge in [0, 0.05) is 29.6 Å². The molecule has 1 aliphatic heterocycles. The Kier molecular flexibility index (Phi) is 7.71. The number of carbonyl (C=O) groups is 2. The van der Waals surface area contributed by atoms with Gasteiger partial charge in [0.25, 0.3) is 5.91 Å². The lowest BCUT2D eigenvalue weighted by Gasteiger charge is -2.56. The second kappa shape index (κ2) is 12.4. The van der Waals surface area contributed by atoms with Gasteiger partial charge in [-0.3, -0.25) is 10.1 Å². The van der Waals surface area contributed by atoms with Crippen molar-refractivity contribution in [1.29, 1.82) is 0 Å². The van der Waals surface area contributed by atoms with E-state index in [0.717, 1.165) is 57.0 Å². The van der Waals surface area contributed by atoms with Crippen molar-refractivity contribution < 1.29 is 24.2 Å². The molecule has 5 aliphatic rings. The Labute approximate surface area is 294 Å². The fraction of sp³-hybridized carbons (Fsp3) is 0.350. The molecule has 4 aliphatic carbocycles. The van der Waals surface area contributed by atoms with E-state index in [-0.39, 0.29) is 17.2 Å². The van der Waals surface area contributed by atoms with Crippen molar-refractivity contribution in [2.75, 3.05) is 23.4 Å². The molecule has 50 heavy (non-hydrogen) atoms. The summed E-state index contributed by atoms with van der Waals surface area (Å²) in [5.74, 6) is 3.72. The maximum Gasteiger partial charge on any atom is 0.512 e. The molecule has 10 heteroatoms. The molecule has 3 aromatic carbocycles. The Bertz CT molecular complexity index is 2060. The van der Waals surface area contributed by atoms with Crippen LogP contribution in [0.15, 0.2) is 78.9 Å². The van der Waals surface area contributed by atoms with Gasteiger partial charge in [0.15, 0.2) is 5.13 Å². The van der Waals surface area contributed by atoms with Crippen molar-refractivity contribution in [2.45, 2.75) is 51.5 Å². The molecule has 2 N–H and O–H groups in total. The smallest absolute Gasteiger partial charge is 0.493 e. The van der Waals surface area contributed by atoms with Gasteiger partial charge in [-0.1, -0.05) is 47.7 Å². The number of aromatic nitrogens is 2. The van der Waals surface area contributed by atoms with Gasteiger partial charge in [-0.25, -0.2) is 9.78 Å². The second-order valence-electron chi connectivity index (χ2n) is 14.7. The molecular weight excluding hydrogens is 649 g/mol. The number of para-hydroxylation sites is 1. The molecule has 254 valence electrons.